The Morgan fingerprint density at radius 1 is 1.20 bits per heavy atom. The Bertz CT molecular complexity index is 599. The van der Waals surface area contributed by atoms with Gasteiger partial charge in [-0.1, -0.05) is 11.6 Å². The van der Waals surface area contributed by atoms with Crippen LogP contribution in [0.2, 0.25) is 5.02 Å². The molecule has 0 atom stereocenters. The van der Waals surface area contributed by atoms with Crippen molar-refractivity contribution in [2.75, 3.05) is 11.9 Å². The lowest BCUT2D eigenvalue weighted by molar-refractivity contribution is 0.340. The molecule has 106 valence electrons. The molecule has 0 aliphatic heterocycles. The minimum Gasteiger partial charge on any atom is -0.508 e. The van der Waals surface area contributed by atoms with E-state index < -0.39 is 0 Å². The molecule has 0 radical (unpaired) electrons. The van der Waals surface area contributed by atoms with Crippen LogP contribution in [-0.4, -0.2) is 11.7 Å². The van der Waals surface area contributed by atoms with Gasteiger partial charge in [-0.2, -0.15) is 0 Å². The molecule has 20 heavy (non-hydrogen) atoms. The molecule has 0 spiro atoms. The molecule has 0 saturated carbocycles. The summed E-state index contributed by atoms with van der Waals surface area (Å²) in [5.41, 5.74) is 2.87. The summed E-state index contributed by atoms with van der Waals surface area (Å²) in [5.74, 6) is 1.10. The highest BCUT2D eigenvalue weighted by Gasteiger charge is 2.04. The number of benzene rings is 2. The summed E-state index contributed by atoms with van der Waals surface area (Å²) < 4.78 is 5.45. The second kappa shape index (κ2) is 6.53. The zero-order valence-electron chi connectivity index (χ0n) is 11.6. The maximum atomic E-state index is 9.78. The summed E-state index contributed by atoms with van der Waals surface area (Å²) in [7, 11) is 0. The van der Waals surface area contributed by atoms with Crippen molar-refractivity contribution in [1.82, 2.24) is 0 Å². The van der Waals surface area contributed by atoms with Crippen molar-refractivity contribution >= 4 is 17.3 Å². The number of hydrogen-bond donors (Lipinski definition) is 2. The monoisotopic (exact) mass is 291 g/mol. The SMILES string of the molecule is CCOc1ccc(NCc2cc(Cl)ccc2O)c(C)c1. The van der Waals surface area contributed by atoms with Crippen molar-refractivity contribution in [3.63, 3.8) is 0 Å². The maximum Gasteiger partial charge on any atom is 0.120 e. The topological polar surface area (TPSA) is 41.5 Å². The highest BCUT2D eigenvalue weighted by molar-refractivity contribution is 6.30. The van der Waals surface area contributed by atoms with Crippen LogP contribution in [-0.2, 0) is 6.54 Å². The van der Waals surface area contributed by atoms with E-state index in [0.717, 1.165) is 22.6 Å². The molecule has 2 N–H and O–H groups in total. The van der Waals surface area contributed by atoms with Crippen molar-refractivity contribution in [1.29, 1.82) is 0 Å². The molecule has 3 nitrogen and oxygen atoms in total. The molecule has 2 rings (SSSR count). The Morgan fingerprint density at radius 2 is 2.00 bits per heavy atom. The lowest BCUT2D eigenvalue weighted by atomic mass is 10.1. The van der Waals surface area contributed by atoms with Gasteiger partial charge in [-0.15, -0.1) is 0 Å². The number of phenols is 1. The maximum absolute atomic E-state index is 9.78. The number of rotatable bonds is 5. The molecule has 0 saturated heterocycles. The summed E-state index contributed by atoms with van der Waals surface area (Å²) in [5, 5.41) is 13.7. The van der Waals surface area contributed by atoms with Crippen LogP contribution < -0.4 is 10.1 Å². The van der Waals surface area contributed by atoms with Gasteiger partial charge in [0.15, 0.2) is 0 Å². The van der Waals surface area contributed by atoms with Crippen molar-refractivity contribution in [3.8, 4) is 11.5 Å². The Balaban J connectivity index is 2.09. The predicted octanol–water partition coefficient (Wildman–Crippen LogP) is 4.36. The van der Waals surface area contributed by atoms with E-state index in [2.05, 4.69) is 5.32 Å². The number of aromatic hydroxyl groups is 1. The van der Waals surface area contributed by atoms with E-state index in [0.29, 0.717) is 18.2 Å². The summed E-state index contributed by atoms with van der Waals surface area (Å²) in [6.45, 7) is 5.15. The van der Waals surface area contributed by atoms with Gasteiger partial charge >= 0.3 is 0 Å². The zero-order chi connectivity index (χ0) is 14.5. The fourth-order valence-corrected chi connectivity index (χ4v) is 2.17. The third-order valence-electron chi connectivity index (χ3n) is 3.02. The number of halogens is 1. The van der Waals surface area contributed by atoms with Crippen LogP contribution >= 0.6 is 11.6 Å². The van der Waals surface area contributed by atoms with Crippen molar-refractivity contribution in [2.24, 2.45) is 0 Å². The molecular weight excluding hydrogens is 274 g/mol. The Morgan fingerprint density at radius 3 is 2.70 bits per heavy atom. The van der Waals surface area contributed by atoms with Gasteiger partial charge in [0.2, 0.25) is 0 Å². The normalized spacial score (nSPS) is 10.3. The van der Waals surface area contributed by atoms with Gasteiger partial charge in [0.1, 0.15) is 11.5 Å². The third kappa shape index (κ3) is 3.58. The average Bonchev–Trinajstić information content (AvgIpc) is 2.42. The lowest BCUT2D eigenvalue weighted by Crippen LogP contribution is -2.02. The van der Waals surface area contributed by atoms with Gasteiger partial charge in [0.25, 0.3) is 0 Å². The molecule has 4 heteroatoms. The van der Waals surface area contributed by atoms with E-state index in [1.165, 1.54) is 0 Å². The molecule has 0 heterocycles. The molecule has 0 unspecified atom stereocenters. The second-order valence-electron chi connectivity index (χ2n) is 4.54. The van der Waals surface area contributed by atoms with Crippen LogP contribution in [0.4, 0.5) is 5.69 Å². The number of hydrogen-bond acceptors (Lipinski definition) is 3. The minimum absolute atomic E-state index is 0.241. The molecular formula is C16H18ClNO2. The number of ether oxygens (including phenoxy) is 1. The van der Waals surface area contributed by atoms with Gasteiger partial charge in [-0.05, 0) is 55.8 Å². The Hall–Kier alpha value is -1.87. The van der Waals surface area contributed by atoms with E-state index in [1.807, 2.05) is 32.0 Å². The Labute approximate surface area is 124 Å². The first-order valence-corrected chi connectivity index (χ1v) is 6.92. The molecule has 0 aliphatic carbocycles. The summed E-state index contributed by atoms with van der Waals surface area (Å²) in [6, 6.07) is 10.9. The Kier molecular flexibility index (Phi) is 4.74. The molecule has 0 aliphatic rings. The number of anilines is 1. The van der Waals surface area contributed by atoms with E-state index in [9.17, 15) is 5.11 Å². The minimum atomic E-state index is 0.241. The fourth-order valence-electron chi connectivity index (χ4n) is 1.98. The largest absolute Gasteiger partial charge is 0.508 e. The van der Waals surface area contributed by atoms with Gasteiger partial charge < -0.3 is 15.2 Å². The smallest absolute Gasteiger partial charge is 0.120 e. The second-order valence-corrected chi connectivity index (χ2v) is 4.97. The molecule has 0 fully saturated rings. The van der Waals surface area contributed by atoms with E-state index in [-0.39, 0.29) is 5.75 Å². The van der Waals surface area contributed by atoms with Crippen molar-refractivity contribution in [3.05, 3.63) is 52.5 Å². The fraction of sp³-hybridized carbons (Fsp3) is 0.250. The van der Waals surface area contributed by atoms with E-state index in [1.54, 1.807) is 18.2 Å². The van der Waals surface area contributed by atoms with Crippen LogP contribution in [0.5, 0.6) is 11.5 Å². The first-order valence-electron chi connectivity index (χ1n) is 6.55. The van der Waals surface area contributed by atoms with Crippen LogP contribution in [0.3, 0.4) is 0 Å². The average molecular weight is 292 g/mol. The lowest BCUT2D eigenvalue weighted by Gasteiger charge is -2.12. The van der Waals surface area contributed by atoms with Gasteiger partial charge in [-0.3, -0.25) is 0 Å². The molecule has 2 aromatic rings. The zero-order valence-corrected chi connectivity index (χ0v) is 12.4. The highest BCUT2D eigenvalue weighted by atomic mass is 35.5. The van der Waals surface area contributed by atoms with E-state index >= 15 is 0 Å². The van der Waals surface area contributed by atoms with Crippen molar-refractivity contribution < 1.29 is 9.84 Å². The summed E-state index contributed by atoms with van der Waals surface area (Å²) in [4.78, 5) is 0. The van der Waals surface area contributed by atoms with Gasteiger partial charge in [-0.25, -0.2) is 0 Å². The standard InChI is InChI=1S/C16H18ClNO2/c1-3-20-14-5-6-15(11(2)8-14)18-10-12-9-13(17)4-7-16(12)19/h4-9,18-19H,3,10H2,1-2H3. The van der Waals surface area contributed by atoms with Crippen molar-refractivity contribution in [2.45, 2.75) is 20.4 Å². The van der Waals surface area contributed by atoms with Crippen LogP contribution in [0.1, 0.15) is 18.1 Å². The van der Waals surface area contributed by atoms with Gasteiger partial charge in [0, 0.05) is 22.8 Å². The predicted molar refractivity (Wildman–Crippen MR) is 82.8 cm³/mol. The number of nitrogens with one attached hydrogen (secondary N) is 1. The number of aryl methyl sites for hydroxylation is 1. The van der Waals surface area contributed by atoms with Crippen LogP contribution in [0, 0.1) is 6.92 Å². The first-order chi connectivity index (χ1) is 9.60. The molecule has 0 aromatic heterocycles. The number of phenolic OH excluding ortho intramolecular Hbond substituents is 1. The quantitative estimate of drug-likeness (QED) is 0.860. The first kappa shape index (κ1) is 14.5. The molecule has 2 aromatic carbocycles. The molecule has 0 bridgehead atoms. The summed E-state index contributed by atoms with van der Waals surface area (Å²) >= 11 is 5.93. The van der Waals surface area contributed by atoms with Crippen LogP contribution in [0.15, 0.2) is 36.4 Å². The van der Waals surface area contributed by atoms with Crippen LogP contribution in [0.25, 0.3) is 0 Å². The van der Waals surface area contributed by atoms with Gasteiger partial charge in [0.05, 0.1) is 6.61 Å². The highest BCUT2D eigenvalue weighted by Crippen LogP contribution is 2.25. The summed E-state index contributed by atoms with van der Waals surface area (Å²) in [6.07, 6.45) is 0. The molecule has 0 amide bonds. The third-order valence-corrected chi connectivity index (χ3v) is 3.25. The van der Waals surface area contributed by atoms with E-state index in [4.69, 9.17) is 16.3 Å².